The molecule has 2 amide bonds. The third kappa shape index (κ3) is 4.09. The molecule has 0 spiro atoms. The Bertz CT molecular complexity index is 836. The van der Waals surface area contributed by atoms with Crippen molar-refractivity contribution < 1.29 is 22.5 Å². The Hall–Kier alpha value is -2.29. The first-order valence-corrected chi connectivity index (χ1v) is 9.60. The fraction of sp³-hybridized carbons (Fsp3) is 0.579. The zero-order chi connectivity index (χ0) is 19.7. The summed E-state index contributed by atoms with van der Waals surface area (Å²) in [6.07, 6.45) is -0.169. The van der Waals surface area contributed by atoms with Gasteiger partial charge in [0.15, 0.2) is 5.58 Å². The van der Waals surface area contributed by atoms with Gasteiger partial charge in [-0.2, -0.15) is 0 Å². The van der Waals surface area contributed by atoms with E-state index >= 15 is 0 Å². The van der Waals surface area contributed by atoms with Crippen molar-refractivity contribution in [2.75, 3.05) is 32.7 Å². The maximum Gasteiger partial charge on any atom is 0.317 e. The minimum absolute atomic E-state index is 0.0849. The highest BCUT2D eigenvalue weighted by Crippen LogP contribution is 2.32. The number of rotatable bonds is 4. The molecule has 1 aromatic carbocycles. The topological polar surface area (TPSA) is 61.6 Å². The molecule has 152 valence electrons. The van der Waals surface area contributed by atoms with Crippen molar-refractivity contribution in [1.29, 1.82) is 0 Å². The molecule has 4 rings (SSSR count). The maximum atomic E-state index is 13.3. The van der Waals surface area contributed by atoms with Gasteiger partial charge in [-0.3, -0.25) is 4.90 Å². The summed E-state index contributed by atoms with van der Waals surface area (Å²) < 4.78 is 43.5. The Morgan fingerprint density at radius 3 is 2.79 bits per heavy atom. The Morgan fingerprint density at radius 2 is 2.04 bits per heavy atom. The predicted octanol–water partition coefficient (Wildman–Crippen LogP) is 3.20. The molecule has 1 aromatic heterocycles. The molecular formula is C19H23F3N4O2. The normalized spacial score (nSPS) is 21.7. The number of carbonyl (C=O) groups excluding carboxylic acids is 1. The van der Waals surface area contributed by atoms with E-state index in [1.807, 2.05) is 0 Å². The van der Waals surface area contributed by atoms with Crippen LogP contribution in [0, 0.1) is 5.82 Å². The van der Waals surface area contributed by atoms with E-state index in [9.17, 15) is 18.0 Å². The van der Waals surface area contributed by atoms with Crippen LogP contribution in [0.4, 0.5) is 18.0 Å². The number of fused-ring (bicyclic) bond motifs is 1. The highest BCUT2D eigenvalue weighted by molar-refractivity contribution is 5.80. The van der Waals surface area contributed by atoms with Crippen molar-refractivity contribution in [2.24, 2.45) is 0 Å². The number of hydrogen-bond donors (Lipinski definition) is 1. The van der Waals surface area contributed by atoms with Crippen LogP contribution in [-0.4, -0.2) is 66.2 Å². The summed E-state index contributed by atoms with van der Waals surface area (Å²) in [6, 6.07) is 4.17. The lowest BCUT2D eigenvalue weighted by atomic mass is 9.92. The van der Waals surface area contributed by atoms with Gasteiger partial charge < -0.3 is 14.7 Å². The largest absolute Gasteiger partial charge is 0.356 e. The zero-order valence-electron chi connectivity index (χ0n) is 15.4. The summed E-state index contributed by atoms with van der Waals surface area (Å²) in [4.78, 5) is 15.9. The zero-order valence-corrected chi connectivity index (χ0v) is 15.4. The number of carbonyl (C=O) groups is 1. The van der Waals surface area contributed by atoms with Crippen LogP contribution in [0.5, 0.6) is 0 Å². The number of amides is 2. The molecule has 1 N–H and O–H groups in total. The molecular weight excluding hydrogens is 373 g/mol. The van der Waals surface area contributed by atoms with Crippen LogP contribution < -0.4 is 5.32 Å². The Balaban J connectivity index is 1.29. The monoisotopic (exact) mass is 396 g/mol. The highest BCUT2D eigenvalue weighted by Gasteiger charge is 2.30. The van der Waals surface area contributed by atoms with E-state index in [1.54, 1.807) is 15.9 Å². The molecule has 2 aromatic rings. The maximum absolute atomic E-state index is 13.3. The second-order valence-electron chi connectivity index (χ2n) is 7.56. The minimum atomic E-state index is -2.35. The number of hydrogen-bond acceptors (Lipinski definition) is 4. The summed E-state index contributed by atoms with van der Waals surface area (Å²) >= 11 is 0. The second-order valence-corrected chi connectivity index (χ2v) is 7.56. The van der Waals surface area contributed by atoms with Crippen LogP contribution in [0.2, 0.25) is 0 Å². The summed E-state index contributed by atoms with van der Waals surface area (Å²) in [5.41, 5.74) is 1.25. The average molecular weight is 396 g/mol. The third-order valence-corrected chi connectivity index (χ3v) is 5.63. The first-order valence-electron chi connectivity index (χ1n) is 9.60. The number of nitrogens with one attached hydrogen (secondary N) is 1. The van der Waals surface area contributed by atoms with Gasteiger partial charge >= 0.3 is 6.03 Å². The van der Waals surface area contributed by atoms with E-state index in [0.29, 0.717) is 38.2 Å². The second kappa shape index (κ2) is 7.98. The third-order valence-electron chi connectivity index (χ3n) is 5.63. The molecule has 0 saturated carbocycles. The Morgan fingerprint density at radius 1 is 1.25 bits per heavy atom. The van der Waals surface area contributed by atoms with E-state index in [1.165, 1.54) is 12.1 Å². The van der Waals surface area contributed by atoms with Crippen molar-refractivity contribution in [1.82, 2.24) is 20.3 Å². The van der Waals surface area contributed by atoms with Crippen LogP contribution in [-0.2, 0) is 0 Å². The van der Waals surface area contributed by atoms with Crippen LogP contribution in [0.15, 0.2) is 22.7 Å². The average Bonchev–Trinajstić information content (AvgIpc) is 3.27. The lowest BCUT2D eigenvalue weighted by Gasteiger charge is -2.32. The number of urea groups is 1. The molecule has 1 atom stereocenters. The Labute approximate surface area is 160 Å². The van der Waals surface area contributed by atoms with Gasteiger partial charge in [-0.15, -0.1) is 0 Å². The van der Waals surface area contributed by atoms with Gasteiger partial charge in [-0.25, -0.2) is 18.0 Å². The van der Waals surface area contributed by atoms with Gasteiger partial charge in [-0.05, 0) is 31.4 Å². The van der Waals surface area contributed by atoms with Gasteiger partial charge in [0.25, 0.3) is 6.43 Å². The number of piperidine rings is 1. The molecule has 28 heavy (non-hydrogen) atoms. The van der Waals surface area contributed by atoms with Gasteiger partial charge in [-0.1, -0.05) is 5.16 Å². The first kappa shape index (κ1) is 19.0. The number of nitrogens with zero attached hydrogens (tertiary/aromatic N) is 3. The molecule has 1 unspecified atom stereocenters. The van der Waals surface area contributed by atoms with E-state index in [0.717, 1.165) is 23.9 Å². The summed E-state index contributed by atoms with van der Waals surface area (Å²) in [7, 11) is 0. The Kier molecular flexibility index (Phi) is 5.43. The minimum Gasteiger partial charge on any atom is -0.356 e. The molecule has 0 bridgehead atoms. The van der Waals surface area contributed by atoms with Gasteiger partial charge in [0.1, 0.15) is 5.82 Å². The molecule has 6 nitrogen and oxygen atoms in total. The van der Waals surface area contributed by atoms with Gasteiger partial charge in [0.2, 0.25) is 0 Å². The van der Waals surface area contributed by atoms with Gasteiger partial charge in [0, 0.05) is 49.6 Å². The molecule has 2 aliphatic rings. The van der Waals surface area contributed by atoms with E-state index in [4.69, 9.17) is 4.52 Å². The molecule has 0 radical (unpaired) electrons. The van der Waals surface area contributed by atoms with Crippen LogP contribution in [0.25, 0.3) is 11.0 Å². The molecule has 2 saturated heterocycles. The van der Waals surface area contributed by atoms with E-state index in [2.05, 4.69) is 10.5 Å². The summed E-state index contributed by atoms with van der Waals surface area (Å²) in [5, 5.41) is 7.89. The van der Waals surface area contributed by atoms with E-state index in [-0.39, 0.29) is 30.4 Å². The number of likely N-dealkylation sites (tertiary alicyclic amines) is 2. The summed E-state index contributed by atoms with van der Waals surface area (Å²) in [6.45, 7) is 1.97. The quantitative estimate of drug-likeness (QED) is 0.862. The molecule has 2 aliphatic heterocycles. The smallest absolute Gasteiger partial charge is 0.317 e. The number of halogens is 3. The van der Waals surface area contributed by atoms with Crippen molar-refractivity contribution in [3.05, 3.63) is 29.7 Å². The van der Waals surface area contributed by atoms with Crippen LogP contribution >= 0.6 is 0 Å². The molecule has 2 fully saturated rings. The lowest BCUT2D eigenvalue weighted by Crippen LogP contribution is -2.48. The van der Waals surface area contributed by atoms with E-state index < -0.39 is 6.43 Å². The van der Waals surface area contributed by atoms with Crippen molar-refractivity contribution in [3.63, 3.8) is 0 Å². The standard InChI is InChI=1S/C19H23F3N4O2/c20-13-1-2-15-16(9-13)28-24-18(15)12-3-7-26(8-4-12)19(27)23-14-5-6-25(10-14)11-17(21)22/h1-2,9,12,14,17H,3-8,10-11H2,(H,23,27). The van der Waals surface area contributed by atoms with Crippen molar-refractivity contribution in [3.8, 4) is 0 Å². The molecule has 9 heteroatoms. The van der Waals surface area contributed by atoms with Crippen LogP contribution in [0.3, 0.4) is 0 Å². The number of alkyl halides is 2. The number of aromatic nitrogens is 1. The lowest BCUT2D eigenvalue weighted by molar-refractivity contribution is 0.0986. The van der Waals surface area contributed by atoms with Crippen molar-refractivity contribution in [2.45, 2.75) is 37.6 Å². The molecule has 0 aliphatic carbocycles. The fourth-order valence-corrected chi connectivity index (χ4v) is 4.16. The first-order chi connectivity index (χ1) is 13.5. The molecule has 3 heterocycles. The van der Waals surface area contributed by atoms with Gasteiger partial charge in [0.05, 0.1) is 12.2 Å². The summed E-state index contributed by atoms with van der Waals surface area (Å²) in [5.74, 6) is -0.204. The SMILES string of the molecule is O=C(NC1CCN(CC(F)F)C1)N1CCC(c2noc3cc(F)ccc23)CC1. The highest BCUT2D eigenvalue weighted by atomic mass is 19.3. The fourth-order valence-electron chi connectivity index (χ4n) is 4.16. The predicted molar refractivity (Wildman–Crippen MR) is 96.9 cm³/mol. The number of benzene rings is 1. The van der Waals surface area contributed by atoms with Crippen molar-refractivity contribution >= 4 is 17.0 Å². The van der Waals surface area contributed by atoms with Crippen LogP contribution in [0.1, 0.15) is 30.9 Å².